The molecule has 2 aromatic carbocycles. The molecule has 7 heteroatoms. The number of nitrogens with zero attached hydrogens (tertiary/aromatic N) is 2. The number of carbonyl (C=O) groups excluding carboxylic acids is 1. The topological polar surface area (TPSA) is 54.5 Å². The first-order valence-corrected chi connectivity index (χ1v) is 11.4. The van der Waals surface area contributed by atoms with E-state index in [4.69, 9.17) is 4.74 Å². The maximum absolute atomic E-state index is 12.3. The van der Waals surface area contributed by atoms with Crippen LogP contribution in [0.3, 0.4) is 0 Å². The van der Waals surface area contributed by atoms with Gasteiger partial charge in [-0.15, -0.1) is 11.3 Å². The number of benzene rings is 2. The predicted molar refractivity (Wildman–Crippen MR) is 122 cm³/mol. The number of likely N-dealkylation sites (N-methyl/N-ethyl adjacent to an activating group) is 1. The summed E-state index contributed by atoms with van der Waals surface area (Å²) >= 11 is 3.44. The molecule has 1 N–H and O–H groups in total. The van der Waals surface area contributed by atoms with Crippen LogP contribution in [0.4, 0.5) is 0 Å². The van der Waals surface area contributed by atoms with Crippen molar-refractivity contribution in [3.05, 3.63) is 54.1 Å². The van der Waals surface area contributed by atoms with Gasteiger partial charge in [0.05, 0.1) is 23.4 Å². The van der Waals surface area contributed by atoms with Crippen molar-refractivity contribution in [3.63, 3.8) is 0 Å². The zero-order valence-electron chi connectivity index (χ0n) is 17.1. The average molecular weight is 430 g/mol. The molecule has 1 amide bonds. The fourth-order valence-electron chi connectivity index (χ4n) is 3.03. The van der Waals surface area contributed by atoms with Gasteiger partial charge >= 0.3 is 0 Å². The summed E-state index contributed by atoms with van der Waals surface area (Å²) in [5.74, 6) is 1.82. The number of thiazole rings is 1. The molecule has 154 valence electrons. The molecule has 0 saturated heterocycles. The van der Waals surface area contributed by atoms with Gasteiger partial charge < -0.3 is 15.0 Å². The lowest BCUT2D eigenvalue weighted by molar-refractivity contribution is -0.121. The summed E-state index contributed by atoms with van der Waals surface area (Å²) in [6, 6.07) is 16.3. The van der Waals surface area contributed by atoms with Gasteiger partial charge in [-0.25, -0.2) is 4.98 Å². The number of aromatic nitrogens is 1. The van der Waals surface area contributed by atoms with Crippen LogP contribution >= 0.6 is 23.1 Å². The second-order valence-electron chi connectivity index (χ2n) is 6.96. The minimum atomic E-state index is 0.0928. The maximum Gasteiger partial charge on any atom is 0.220 e. The first-order valence-electron chi connectivity index (χ1n) is 9.62. The third kappa shape index (κ3) is 6.19. The number of hydrogen-bond donors (Lipinski definition) is 1. The van der Waals surface area contributed by atoms with Gasteiger partial charge in [-0.05, 0) is 50.3 Å². The van der Waals surface area contributed by atoms with E-state index in [0.29, 0.717) is 13.0 Å². The first-order chi connectivity index (χ1) is 14.1. The molecule has 0 aliphatic heterocycles. The van der Waals surface area contributed by atoms with Gasteiger partial charge in [0.1, 0.15) is 5.75 Å². The standard InChI is InChI=1S/C22H27N3O2S2/c1-25(2)19(16-10-12-17(27-3)13-11-16)15-23-21(26)9-6-14-28-22-24-18-7-4-5-8-20(18)29-22/h4-5,7-8,10-13,19H,6,9,14-15H2,1-3H3,(H,23,26). The molecule has 0 radical (unpaired) electrons. The number of para-hydroxylation sites is 1. The van der Waals surface area contributed by atoms with Crippen LogP contribution in [-0.4, -0.2) is 49.3 Å². The van der Waals surface area contributed by atoms with E-state index in [1.165, 1.54) is 4.70 Å². The summed E-state index contributed by atoms with van der Waals surface area (Å²) in [4.78, 5) is 19.0. The van der Waals surface area contributed by atoms with Crippen molar-refractivity contribution in [1.82, 2.24) is 15.2 Å². The minimum Gasteiger partial charge on any atom is -0.497 e. The van der Waals surface area contributed by atoms with Gasteiger partial charge in [0.15, 0.2) is 4.34 Å². The van der Waals surface area contributed by atoms with Gasteiger partial charge in [0.25, 0.3) is 0 Å². The molecule has 3 aromatic rings. The van der Waals surface area contributed by atoms with E-state index < -0.39 is 0 Å². The highest BCUT2D eigenvalue weighted by Crippen LogP contribution is 2.29. The zero-order chi connectivity index (χ0) is 20.6. The van der Waals surface area contributed by atoms with E-state index in [0.717, 1.165) is 33.3 Å². The van der Waals surface area contributed by atoms with E-state index in [-0.39, 0.29) is 11.9 Å². The van der Waals surface area contributed by atoms with Crippen LogP contribution in [0, 0.1) is 0 Å². The maximum atomic E-state index is 12.3. The van der Waals surface area contributed by atoms with Crippen molar-refractivity contribution in [1.29, 1.82) is 0 Å². The predicted octanol–water partition coefficient (Wildman–Crippen LogP) is 4.60. The SMILES string of the molecule is COc1ccc(C(CNC(=O)CCCSc2nc3ccccc3s2)N(C)C)cc1. The third-order valence-electron chi connectivity index (χ3n) is 4.66. The fourth-order valence-corrected chi connectivity index (χ4v) is 5.11. The normalized spacial score (nSPS) is 12.3. The molecule has 0 spiro atoms. The molecule has 1 unspecified atom stereocenters. The van der Waals surface area contributed by atoms with Crippen LogP contribution in [0.25, 0.3) is 10.2 Å². The molecule has 1 heterocycles. The van der Waals surface area contributed by atoms with Gasteiger partial charge in [0, 0.05) is 18.7 Å². The number of carbonyl (C=O) groups is 1. The Morgan fingerprint density at radius 2 is 1.97 bits per heavy atom. The second-order valence-corrected chi connectivity index (χ2v) is 9.33. The van der Waals surface area contributed by atoms with Crippen LogP contribution in [0.15, 0.2) is 52.9 Å². The highest BCUT2D eigenvalue weighted by Gasteiger charge is 2.15. The summed E-state index contributed by atoms with van der Waals surface area (Å²) in [7, 11) is 5.71. The number of hydrogen-bond acceptors (Lipinski definition) is 6. The molecule has 1 atom stereocenters. The number of ether oxygens (including phenoxy) is 1. The Morgan fingerprint density at radius 3 is 2.66 bits per heavy atom. The molecule has 0 bridgehead atoms. The van der Waals surface area contributed by atoms with Gasteiger partial charge in [-0.1, -0.05) is 36.0 Å². The number of fused-ring (bicyclic) bond motifs is 1. The first kappa shape index (κ1) is 21.6. The van der Waals surface area contributed by atoms with Gasteiger partial charge in [0.2, 0.25) is 5.91 Å². The molecule has 1 aromatic heterocycles. The highest BCUT2D eigenvalue weighted by atomic mass is 32.2. The summed E-state index contributed by atoms with van der Waals surface area (Å²) < 4.78 is 7.50. The van der Waals surface area contributed by atoms with Crippen molar-refractivity contribution in [2.75, 3.05) is 33.5 Å². The summed E-state index contributed by atoms with van der Waals surface area (Å²) in [6.45, 7) is 0.586. The molecule has 29 heavy (non-hydrogen) atoms. The lowest BCUT2D eigenvalue weighted by Gasteiger charge is -2.25. The minimum absolute atomic E-state index is 0.0928. The second kappa shape index (κ2) is 10.6. The van der Waals surface area contributed by atoms with Crippen molar-refractivity contribution in [2.45, 2.75) is 23.2 Å². The number of methoxy groups -OCH3 is 1. The Balaban J connectivity index is 1.41. The Labute approximate surface area is 180 Å². The van der Waals surface area contributed by atoms with Crippen molar-refractivity contribution < 1.29 is 9.53 Å². The number of nitrogens with one attached hydrogen (secondary N) is 1. The van der Waals surface area contributed by atoms with Crippen molar-refractivity contribution in [2.24, 2.45) is 0 Å². The van der Waals surface area contributed by atoms with Crippen LogP contribution in [0.2, 0.25) is 0 Å². The number of amides is 1. The number of rotatable bonds is 10. The third-order valence-corrected chi connectivity index (χ3v) is 6.93. The Hall–Kier alpha value is -2.09. The van der Waals surface area contributed by atoms with Gasteiger partial charge in [-0.2, -0.15) is 0 Å². The molecular weight excluding hydrogens is 402 g/mol. The molecule has 5 nitrogen and oxygen atoms in total. The lowest BCUT2D eigenvalue weighted by atomic mass is 10.1. The summed E-state index contributed by atoms with van der Waals surface area (Å²) in [6.07, 6.45) is 1.36. The van der Waals surface area contributed by atoms with E-state index in [2.05, 4.69) is 21.3 Å². The summed E-state index contributed by atoms with van der Waals surface area (Å²) in [5.41, 5.74) is 2.20. The smallest absolute Gasteiger partial charge is 0.220 e. The zero-order valence-corrected chi connectivity index (χ0v) is 18.7. The molecule has 0 aliphatic carbocycles. The largest absolute Gasteiger partial charge is 0.497 e. The molecular formula is C22H27N3O2S2. The molecule has 0 saturated carbocycles. The summed E-state index contributed by atoms with van der Waals surface area (Å²) in [5, 5.41) is 3.08. The Morgan fingerprint density at radius 1 is 1.21 bits per heavy atom. The van der Waals surface area contributed by atoms with Crippen molar-refractivity contribution >= 4 is 39.2 Å². The van der Waals surface area contributed by atoms with E-state index in [9.17, 15) is 4.79 Å². The Kier molecular flexibility index (Phi) is 7.91. The number of thioether (sulfide) groups is 1. The van der Waals surface area contributed by atoms with Crippen LogP contribution < -0.4 is 10.1 Å². The average Bonchev–Trinajstić information content (AvgIpc) is 3.14. The van der Waals surface area contributed by atoms with E-state index in [1.54, 1.807) is 30.2 Å². The van der Waals surface area contributed by atoms with Crippen molar-refractivity contribution in [3.8, 4) is 5.75 Å². The molecule has 0 fully saturated rings. The monoisotopic (exact) mass is 429 g/mol. The van der Waals surface area contributed by atoms with Gasteiger partial charge in [-0.3, -0.25) is 4.79 Å². The highest BCUT2D eigenvalue weighted by molar-refractivity contribution is 8.01. The quantitative estimate of drug-likeness (QED) is 0.377. The van der Waals surface area contributed by atoms with E-state index in [1.807, 2.05) is 56.6 Å². The molecule has 0 aliphatic rings. The molecule has 3 rings (SSSR count). The van der Waals surface area contributed by atoms with Crippen LogP contribution in [-0.2, 0) is 4.79 Å². The fraction of sp³-hybridized carbons (Fsp3) is 0.364. The van der Waals surface area contributed by atoms with Crippen LogP contribution in [0.1, 0.15) is 24.4 Å². The lowest BCUT2D eigenvalue weighted by Crippen LogP contribution is -2.34. The Bertz CT molecular complexity index is 892. The van der Waals surface area contributed by atoms with Crippen LogP contribution in [0.5, 0.6) is 5.75 Å². The van der Waals surface area contributed by atoms with E-state index >= 15 is 0 Å².